The standard InChI is InChI=1S/C24H26N4O4/c1-15-10-11-19(32-15)21-20(23(30)24(31)27(21)13-12-26(3)4)22(29)18-14-25-28(16(18)2)17-8-6-5-7-9-17/h5-11,14,21,29H,12-13H2,1-4H3/t21-/m1/s1. The molecule has 1 fully saturated rings. The van der Waals surface area contributed by atoms with E-state index in [-0.39, 0.29) is 11.3 Å². The van der Waals surface area contributed by atoms with E-state index in [2.05, 4.69) is 5.10 Å². The number of amides is 1. The van der Waals surface area contributed by atoms with E-state index >= 15 is 0 Å². The molecule has 3 aromatic rings. The first-order valence-electron chi connectivity index (χ1n) is 10.4. The number of likely N-dealkylation sites (tertiary alicyclic amines) is 1. The van der Waals surface area contributed by atoms with Crippen LogP contribution in [-0.4, -0.2) is 63.6 Å². The van der Waals surface area contributed by atoms with Gasteiger partial charge in [0.25, 0.3) is 11.7 Å². The maximum atomic E-state index is 13.1. The van der Waals surface area contributed by atoms with E-state index < -0.39 is 17.7 Å². The van der Waals surface area contributed by atoms with Crippen LogP contribution in [0, 0.1) is 13.8 Å². The number of aliphatic hydroxyl groups excluding tert-OH is 1. The molecule has 8 nitrogen and oxygen atoms in total. The Morgan fingerprint density at radius 2 is 1.84 bits per heavy atom. The maximum absolute atomic E-state index is 13.1. The van der Waals surface area contributed by atoms with Gasteiger partial charge in [-0.3, -0.25) is 9.59 Å². The zero-order chi connectivity index (χ0) is 23.0. The topological polar surface area (TPSA) is 91.8 Å². The molecule has 1 N–H and O–H groups in total. The third-order valence-corrected chi connectivity index (χ3v) is 5.62. The molecule has 2 aromatic heterocycles. The van der Waals surface area contributed by atoms with Crippen molar-refractivity contribution in [2.45, 2.75) is 19.9 Å². The molecule has 0 saturated carbocycles. The van der Waals surface area contributed by atoms with E-state index in [0.29, 0.717) is 35.9 Å². The summed E-state index contributed by atoms with van der Waals surface area (Å²) in [4.78, 5) is 29.4. The monoisotopic (exact) mass is 434 g/mol. The Bertz CT molecular complexity index is 1190. The molecule has 0 unspecified atom stereocenters. The molecule has 4 rings (SSSR count). The van der Waals surface area contributed by atoms with Crippen molar-refractivity contribution in [3.8, 4) is 5.69 Å². The molecule has 166 valence electrons. The Morgan fingerprint density at radius 1 is 1.12 bits per heavy atom. The number of hydrogen-bond donors (Lipinski definition) is 1. The van der Waals surface area contributed by atoms with E-state index in [9.17, 15) is 14.7 Å². The number of benzene rings is 1. The van der Waals surface area contributed by atoms with Crippen molar-refractivity contribution in [1.29, 1.82) is 0 Å². The van der Waals surface area contributed by atoms with Gasteiger partial charge in [0.2, 0.25) is 0 Å². The molecule has 1 aliphatic rings. The minimum Gasteiger partial charge on any atom is -0.507 e. The average Bonchev–Trinajstić information content (AvgIpc) is 3.43. The highest BCUT2D eigenvalue weighted by atomic mass is 16.3. The largest absolute Gasteiger partial charge is 0.507 e. The van der Waals surface area contributed by atoms with Gasteiger partial charge in [0.1, 0.15) is 23.3 Å². The minimum atomic E-state index is -0.803. The van der Waals surface area contributed by atoms with Gasteiger partial charge in [-0.25, -0.2) is 4.68 Å². The van der Waals surface area contributed by atoms with E-state index in [4.69, 9.17) is 4.42 Å². The van der Waals surface area contributed by atoms with Gasteiger partial charge in [0, 0.05) is 13.1 Å². The first-order chi connectivity index (χ1) is 15.3. The van der Waals surface area contributed by atoms with Crippen molar-refractivity contribution in [2.75, 3.05) is 27.2 Å². The molecule has 8 heteroatoms. The van der Waals surface area contributed by atoms with E-state index in [1.165, 1.54) is 11.1 Å². The molecule has 0 bridgehead atoms. The van der Waals surface area contributed by atoms with Gasteiger partial charge < -0.3 is 19.3 Å². The van der Waals surface area contributed by atoms with E-state index in [1.807, 2.05) is 56.3 Å². The van der Waals surface area contributed by atoms with Crippen LogP contribution in [0.5, 0.6) is 0 Å². The molecule has 0 spiro atoms. The summed E-state index contributed by atoms with van der Waals surface area (Å²) in [5.74, 6) is -0.538. The lowest BCUT2D eigenvalue weighted by Crippen LogP contribution is -2.35. The Balaban J connectivity index is 1.83. The minimum absolute atomic E-state index is 0.0128. The Morgan fingerprint density at radius 3 is 2.47 bits per heavy atom. The van der Waals surface area contributed by atoms with Gasteiger partial charge in [0.05, 0.1) is 28.7 Å². The summed E-state index contributed by atoms with van der Waals surface area (Å²) in [5.41, 5.74) is 1.89. The van der Waals surface area contributed by atoms with Crippen LogP contribution in [0.1, 0.15) is 28.8 Å². The predicted molar refractivity (Wildman–Crippen MR) is 119 cm³/mol. The molecule has 0 radical (unpaired) electrons. The van der Waals surface area contributed by atoms with Crippen LogP contribution in [0.25, 0.3) is 11.4 Å². The fraction of sp³-hybridized carbons (Fsp3) is 0.292. The van der Waals surface area contributed by atoms with Crippen molar-refractivity contribution in [2.24, 2.45) is 0 Å². The van der Waals surface area contributed by atoms with Crippen LogP contribution in [0.2, 0.25) is 0 Å². The summed E-state index contributed by atoms with van der Waals surface area (Å²) >= 11 is 0. The van der Waals surface area contributed by atoms with Crippen LogP contribution in [0.3, 0.4) is 0 Å². The third-order valence-electron chi connectivity index (χ3n) is 5.62. The number of likely N-dealkylation sites (N-methyl/N-ethyl adjacent to an activating group) is 1. The lowest BCUT2D eigenvalue weighted by atomic mass is 9.99. The van der Waals surface area contributed by atoms with Crippen molar-refractivity contribution >= 4 is 17.4 Å². The highest BCUT2D eigenvalue weighted by Gasteiger charge is 2.47. The Kier molecular flexibility index (Phi) is 5.71. The number of carbonyl (C=O) groups is 2. The van der Waals surface area contributed by atoms with Crippen LogP contribution >= 0.6 is 0 Å². The SMILES string of the molecule is Cc1ccc([C@@H]2C(=C(O)c3cnn(-c4ccccc4)c3C)C(=O)C(=O)N2CCN(C)C)o1. The number of furan rings is 1. The van der Waals surface area contributed by atoms with Crippen LogP contribution in [0.15, 0.2) is 58.7 Å². The van der Waals surface area contributed by atoms with Crippen molar-refractivity contribution in [1.82, 2.24) is 19.6 Å². The van der Waals surface area contributed by atoms with Crippen molar-refractivity contribution in [3.05, 3.63) is 77.0 Å². The molecule has 1 aliphatic heterocycles. The number of rotatable bonds is 6. The number of Topliss-reactive ketones (excluding diaryl/α,β-unsaturated/α-hetero) is 1. The molecule has 1 atom stereocenters. The van der Waals surface area contributed by atoms with Crippen molar-refractivity contribution < 1.29 is 19.1 Å². The number of ketones is 1. The van der Waals surface area contributed by atoms with Crippen molar-refractivity contribution in [3.63, 3.8) is 0 Å². The fourth-order valence-corrected chi connectivity index (χ4v) is 3.93. The third kappa shape index (κ3) is 3.73. The van der Waals surface area contributed by atoms with Crippen LogP contribution in [0.4, 0.5) is 0 Å². The fourth-order valence-electron chi connectivity index (χ4n) is 3.93. The first-order valence-corrected chi connectivity index (χ1v) is 10.4. The van der Waals surface area contributed by atoms with E-state index in [0.717, 1.165) is 5.69 Å². The second kappa shape index (κ2) is 8.47. The Labute approximate surface area is 186 Å². The number of aryl methyl sites for hydroxylation is 1. The van der Waals surface area contributed by atoms with Gasteiger partial charge in [0.15, 0.2) is 0 Å². The molecular weight excluding hydrogens is 408 g/mol. The van der Waals surface area contributed by atoms with Crippen LogP contribution < -0.4 is 0 Å². The molecule has 1 amide bonds. The highest BCUT2D eigenvalue weighted by molar-refractivity contribution is 6.46. The summed E-state index contributed by atoms with van der Waals surface area (Å²) in [7, 11) is 3.79. The highest BCUT2D eigenvalue weighted by Crippen LogP contribution is 2.40. The quantitative estimate of drug-likeness (QED) is 0.364. The number of nitrogens with zero attached hydrogens (tertiary/aromatic N) is 4. The molecule has 3 heterocycles. The number of hydrogen-bond acceptors (Lipinski definition) is 6. The molecule has 32 heavy (non-hydrogen) atoms. The van der Waals surface area contributed by atoms with Gasteiger partial charge in [-0.2, -0.15) is 5.10 Å². The van der Waals surface area contributed by atoms with Gasteiger partial charge in [-0.05, 0) is 52.2 Å². The first kappa shape index (κ1) is 21.6. The number of aromatic nitrogens is 2. The number of carbonyl (C=O) groups excluding carboxylic acids is 2. The summed E-state index contributed by atoms with van der Waals surface area (Å²) in [6, 6.07) is 12.2. The van der Waals surface area contributed by atoms with Gasteiger partial charge in [-0.1, -0.05) is 18.2 Å². The zero-order valence-electron chi connectivity index (χ0n) is 18.6. The molecule has 1 aromatic carbocycles. The second-order valence-corrected chi connectivity index (χ2v) is 8.14. The summed E-state index contributed by atoms with van der Waals surface area (Å²) in [6.45, 7) is 4.49. The molecular formula is C24H26N4O4. The average molecular weight is 434 g/mol. The molecule has 1 saturated heterocycles. The molecule has 0 aliphatic carbocycles. The van der Waals surface area contributed by atoms with Gasteiger partial charge in [-0.15, -0.1) is 0 Å². The normalized spacial score (nSPS) is 18.2. The smallest absolute Gasteiger partial charge is 0.295 e. The Hall–Kier alpha value is -3.65. The predicted octanol–water partition coefficient (Wildman–Crippen LogP) is 3.07. The second-order valence-electron chi connectivity index (χ2n) is 8.14. The lowest BCUT2D eigenvalue weighted by Gasteiger charge is -2.24. The summed E-state index contributed by atoms with van der Waals surface area (Å²) in [6.07, 6.45) is 1.51. The maximum Gasteiger partial charge on any atom is 0.295 e. The number of aliphatic hydroxyl groups is 1. The lowest BCUT2D eigenvalue weighted by molar-refractivity contribution is -0.140. The number of para-hydroxylation sites is 1. The van der Waals surface area contributed by atoms with Crippen LogP contribution in [-0.2, 0) is 9.59 Å². The van der Waals surface area contributed by atoms with Gasteiger partial charge >= 0.3 is 0 Å². The zero-order valence-corrected chi connectivity index (χ0v) is 18.6. The summed E-state index contributed by atoms with van der Waals surface area (Å²) in [5, 5.41) is 15.6. The van der Waals surface area contributed by atoms with E-state index in [1.54, 1.807) is 23.7 Å². The summed E-state index contributed by atoms with van der Waals surface area (Å²) < 4.78 is 7.48.